The van der Waals surface area contributed by atoms with E-state index in [2.05, 4.69) is 4.99 Å². The highest BCUT2D eigenvalue weighted by atomic mass is 32.1. The molecule has 0 N–H and O–H groups in total. The number of aromatic nitrogens is 1. The fraction of sp³-hybridized carbons (Fsp3) is 0.273. The zero-order chi connectivity index (χ0) is 30.7. The van der Waals surface area contributed by atoms with Gasteiger partial charge in [0.1, 0.15) is 23.3 Å². The van der Waals surface area contributed by atoms with Crippen molar-refractivity contribution in [1.29, 1.82) is 0 Å². The zero-order valence-corrected chi connectivity index (χ0v) is 25.4. The average molecular weight is 601 g/mol. The molecule has 4 aromatic rings. The van der Waals surface area contributed by atoms with Crippen LogP contribution in [0.1, 0.15) is 61.8 Å². The molecule has 0 saturated heterocycles. The molecule has 0 amide bonds. The van der Waals surface area contributed by atoms with Crippen molar-refractivity contribution < 1.29 is 28.2 Å². The Morgan fingerprint density at radius 1 is 1.09 bits per heavy atom. The van der Waals surface area contributed by atoms with Gasteiger partial charge in [0.2, 0.25) is 0 Å². The molecule has 0 saturated carbocycles. The van der Waals surface area contributed by atoms with E-state index in [1.807, 2.05) is 37.3 Å². The number of thiazole rings is 1. The highest BCUT2D eigenvalue weighted by molar-refractivity contribution is 7.07. The maximum Gasteiger partial charge on any atom is 0.338 e. The normalized spacial score (nSPS) is 14.8. The van der Waals surface area contributed by atoms with Crippen molar-refractivity contribution in [2.24, 2.45) is 4.99 Å². The van der Waals surface area contributed by atoms with Crippen LogP contribution in [0.5, 0.6) is 5.75 Å². The lowest BCUT2D eigenvalue weighted by Crippen LogP contribution is -2.40. The minimum absolute atomic E-state index is 0.233. The largest absolute Gasteiger partial charge is 0.493 e. The summed E-state index contributed by atoms with van der Waals surface area (Å²) in [5.74, 6) is 0.572. The number of carbonyl (C=O) groups excluding carboxylic acids is 2. The molecule has 222 valence electrons. The van der Waals surface area contributed by atoms with Gasteiger partial charge >= 0.3 is 11.9 Å². The van der Waals surface area contributed by atoms with Crippen LogP contribution in [0.25, 0.3) is 17.4 Å². The first-order chi connectivity index (χ1) is 20.7. The predicted octanol–water partition coefficient (Wildman–Crippen LogP) is 5.02. The summed E-state index contributed by atoms with van der Waals surface area (Å²) in [6.45, 7) is 7.81. The number of carbonyl (C=O) groups is 2. The molecule has 0 unspecified atom stereocenters. The highest BCUT2D eigenvalue weighted by Crippen LogP contribution is 2.36. The van der Waals surface area contributed by atoms with Crippen LogP contribution in [0.3, 0.4) is 0 Å². The number of rotatable bonds is 9. The molecule has 1 atom stereocenters. The molecular weight excluding hydrogens is 568 g/mol. The van der Waals surface area contributed by atoms with Gasteiger partial charge in [0.05, 0.1) is 41.2 Å². The fourth-order valence-electron chi connectivity index (χ4n) is 4.83. The summed E-state index contributed by atoms with van der Waals surface area (Å²) >= 11 is 1.20. The molecule has 10 heteroatoms. The smallest absolute Gasteiger partial charge is 0.338 e. The van der Waals surface area contributed by atoms with Crippen molar-refractivity contribution in [1.82, 2.24) is 4.57 Å². The average Bonchev–Trinajstić information content (AvgIpc) is 3.59. The number of benzene rings is 2. The summed E-state index contributed by atoms with van der Waals surface area (Å²) in [5.41, 5.74) is 2.17. The first kappa shape index (κ1) is 29.8. The maximum atomic E-state index is 13.9. The molecule has 5 rings (SSSR count). The van der Waals surface area contributed by atoms with Crippen LogP contribution < -0.4 is 19.6 Å². The minimum atomic E-state index is -0.792. The number of ether oxygens (including phenoxy) is 3. The number of methoxy groups -OCH3 is 1. The van der Waals surface area contributed by atoms with Crippen molar-refractivity contribution in [3.05, 3.63) is 109 Å². The van der Waals surface area contributed by atoms with E-state index in [-0.39, 0.29) is 17.2 Å². The molecule has 0 aliphatic carbocycles. The van der Waals surface area contributed by atoms with Crippen LogP contribution in [-0.2, 0) is 14.3 Å². The van der Waals surface area contributed by atoms with Crippen LogP contribution >= 0.6 is 11.3 Å². The van der Waals surface area contributed by atoms with Crippen molar-refractivity contribution in [3.63, 3.8) is 0 Å². The van der Waals surface area contributed by atoms with Gasteiger partial charge in [0, 0.05) is 17.2 Å². The SMILES string of the molecule is CCCOc1ccccc1[C@H]1C(C(=O)OC)=C(C)N=c2s/c(=C/c3ccc(-c4cccc(C(=O)OC(C)C)c4)o3)c(=O)n21. The van der Waals surface area contributed by atoms with E-state index in [9.17, 15) is 14.4 Å². The Morgan fingerprint density at radius 3 is 2.63 bits per heavy atom. The molecule has 1 aliphatic rings. The van der Waals surface area contributed by atoms with E-state index < -0.39 is 18.0 Å². The summed E-state index contributed by atoms with van der Waals surface area (Å²) in [4.78, 5) is 44.4. The zero-order valence-electron chi connectivity index (χ0n) is 24.6. The van der Waals surface area contributed by atoms with E-state index in [1.165, 1.54) is 23.0 Å². The van der Waals surface area contributed by atoms with Crippen molar-refractivity contribution >= 4 is 29.4 Å². The number of allylic oxidation sites excluding steroid dienone is 1. The molecule has 1 aliphatic heterocycles. The predicted molar refractivity (Wildman–Crippen MR) is 163 cm³/mol. The molecular formula is C33H32N2O7S. The fourth-order valence-corrected chi connectivity index (χ4v) is 5.86. The molecule has 9 nitrogen and oxygen atoms in total. The summed E-state index contributed by atoms with van der Waals surface area (Å²) in [6.07, 6.45) is 2.22. The minimum Gasteiger partial charge on any atom is -0.493 e. The number of hydrogen-bond donors (Lipinski definition) is 0. The monoisotopic (exact) mass is 600 g/mol. The third-order valence-electron chi connectivity index (χ3n) is 6.73. The quantitative estimate of drug-likeness (QED) is 0.248. The van der Waals surface area contributed by atoms with Crippen LogP contribution in [-0.4, -0.2) is 36.3 Å². The third-order valence-corrected chi connectivity index (χ3v) is 7.71. The number of esters is 2. The highest BCUT2D eigenvalue weighted by Gasteiger charge is 2.34. The molecule has 0 spiro atoms. The number of hydrogen-bond acceptors (Lipinski definition) is 9. The van der Waals surface area contributed by atoms with E-state index in [0.29, 0.717) is 55.6 Å². The molecule has 3 heterocycles. The lowest BCUT2D eigenvalue weighted by atomic mass is 9.95. The van der Waals surface area contributed by atoms with Crippen molar-refractivity contribution in [3.8, 4) is 17.1 Å². The molecule has 2 aromatic carbocycles. The second-order valence-corrected chi connectivity index (χ2v) is 11.2. The lowest BCUT2D eigenvalue weighted by Gasteiger charge is -2.26. The second-order valence-electron chi connectivity index (χ2n) is 10.2. The Bertz CT molecular complexity index is 1890. The topological polar surface area (TPSA) is 109 Å². The van der Waals surface area contributed by atoms with Crippen LogP contribution in [0.4, 0.5) is 0 Å². The van der Waals surface area contributed by atoms with Gasteiger partial charge in [0.25, 0.3) is 5.56 Å². The van der Waals surface area contributed by atoms with Gasteiger partial charge in [-0.1, -0.05) is 48.6 Å². The van der Waals surface area contributed by atoms with Gasteiger partial charge < -0.3 is 18.6 Å². The van der Waals surface area contributed by atoms with Gasteiger partial charge in [0.15, 0.2) is 4.80 Å². The van der Waals surface area contributed by atoms with Gasteiger partial charge in [-0.2, -0.15) is 0 Å². The Kier molecular flexibility index (Phi) is 8.77. The van der Waals surface area contributed by atoms with Gasteiger partial charge in [-0.25, -0.2) is 14.6 Å². The Morgan fingerprint density at radius 2 is 1.88 bits per heavy atom. The molecule has 0 bridgehead atoms. The molecule has 0 fully saturated rings. The van der Waals surface area contributed by atoms with E-state index in [0.717, 1.165) is 6.42 Å². The Balaban J connectivity index is 1.58. The maximum absolute atomic E-state index is 13.9. The summed E-state index contributed by atoms with van der Waals surface area (Å²) in [7, 11) is 1.31. The van der Waals surface area contributed by atoms with E-state index in [4.69, 9.17) is 18.6 Å². The van der Waals surface area contributed by atoms with Crippen LogP contribution in [0.2, 0.25) is 0 Å². The summed E-state index contributed by atoms with van der Waals surface area (Å²) in [5, 5.41) is 0. The number of fused-ring (bicyclic) bond motifs is 1. The van der Waals surface area contributed by atoms with Crippen molar-refractivity contribution in [2.75, 3.05) is 13.7 Å². The first-order valence-corrected chi connectivity index (χ1v) is 14.8. The van der Waals surface area contributed by atoms with Crippen molar-refractivity contribution in [2.45, 2.75) is 46.3 Å². The van der Waals surface area contributed by atoms with Crippen LogP contribution in [0.15, 0.2) is 86.1 Å². The first-order valence-electron chi connectivity index (χ1n) is 14.0. The van der Waals surface area contributed by atoms with Gasteiger partial charge in [-0.05, 0) is 57.5 Å². The van der Waals surface area contributed by atoms with E-state index in [1.54, 1.807) is 57.2 Å². The Labute approximate surface area is 252 Å². The Hall–Kier alpha value is -4.70. The lowest BCUT2D eigenvalue weighted by molar-refractivity contribution is -0.136. The second kappa shape index (κ2) is 12.7. The summed E-state index contributed by atoms with van der Waals surface area (Å²) in [6, 6.07) is 17.1. The standard InChI is InChI=1S/C33H32N2O7S/c1-6-16-40-26-13-8-7-12-24(26)29-28(32(38)39-5)20(4)34-33-35(29)30(36)27(43-33)18-23-14-15-25(42-23)21-10-9-11-22(17-21)31(37)41-19(2)3/h7-15,17-19,29H,6,16H2,1-5H3/b27-18+/t29-/m0/s1. The molecule has 0 radical (unpaired) electrons. The molecule has 2 aromatic heterocycles. The van der Waals surface area contributed by atoms with Crippen LogP contribution in [0, 0.1) is 0 Å². The number of furan rings is 1. The van der Waals surface area contributed by atoms with E-state index >= 15 is 0 Å². The van der Waals surface area contributed by atoms with Gasteiger partial charge in [-0.3, -0.25) is 9.36 Å². The molecule has 43 heavy (non-hydrogen) atoms. The van der Waals surface area contributed by atoms with Gasteiger partial charge in [-0.15, -0.1) is 0 Å². The number of para-hydroxylation sites is 1. The third kappa shape index (κ3) is 6.10. The summed E-state index contributed by atoms with van der Waals surface area (Å²) < 4.78 is 24.4. The number of nitrogens with zero attached hydrogens (tertiary/aromatic N) is 2.